The van der Waals surface area contributed by atoms with Crippen LogP contribution in [0.5, 0.6) is 34.5 Å². The van der Waals surface area contributed by atoms with Gasteiger partial charge in [0, 0.05) is 36.4 Å². The lowest BCUT2D eigenvalue weighted by molar-refractivity contribution is -0.303. The van der Waals surface area contributed by atoms with E-state index in [2.05, 4.69) is 15.0 Å². The molecule has 0 aliphatic carbocycles. The largest absolute Gasteiger partial charge is 0.508 e. The average Bonchev–Trinajstić information content (AvgIpc) is 3.85. The van der Waals surface area contributed by atoms with Crippen molar-refractivity contribution in [3.8, 4) is 34.5 Å². The number of phenols is 2. The van der Waals surface area contributed by atoms with Crippen LogP contribution in [-0.2, 0) is 22.6 Å². The Labute approximate surface area is 325 Å². The summed E-state index contributed by atoms with van der Waals surface area (Å²) in [4.78, 5) is 24.4. The summed E-state index contributed by atoms with van der Waals surface area (Å²) in [5, 5.41) is 84.6. The molecule has 1 unspecified atom stereocenters. The van der Waals surface area contributed by atoms with E-state index in [9.17, 15) is 40.5 Å². The number of phenolic OH excluding ortho intramolecular Hbond substituents is 2. The number of carboxylic acid groups (broad SMARTS) is 1. The number of aromatic hydroxyl groups is 2. The molecule has 17 nitrogen and oxygen atoms in total. The standard InChI is InChI=1S/C40H40N4O13/c1-2-20-11-21(13-25(45)12-20)18-54-35-30(56-39-34(48)36(49)40(52,37(57-39)38(50)51)16-24-17-42-19-43-24)15-29-32(33(35)47)27(46)14-28(55-29)22-3-6-26(7-4-22)53-10-9-23-5-8-31(41)44-23/h3-8,11-15,19,28,34,36-37,39,41,45-49,52H,2,9-10,16-18H2,1H3,(H,50,51)/t28?,34-,36+,37-,39-,40+/m1/s1. The van der Waals surface area contributed by atoms with Gasteiger partial charge in [0.15, 0.2) is 17.6 Å². The molecule has 0 radical (unpaired) electrons. The summed E-state index contributed by atoms with van der Waals surface area (Å²) < 4.78 is 29.6. The van der Waals surface area contributed by atoms with Gasteiger partial charge in [0.25, 0.3) is 0 Å². The quantitative estimate of drug-likeness (QED) is 0.116. The lowest BCUT2D eigenvalue weighted by Crippen LogP contribution is -2.69. The number of fused-ring (bicyclic) bond motifs is 1. The first-order valence-electron chi connectivity index (χ1n) is 18.0. The number of allylic oxidation sites excluding steroid dienone is 1. The third kappa shape index (κ3) is 8.17. The van der Waals surface area contributed by atoms with Crippen LogP contribution < -0.4 is 18.9 Å². The molecule has 0 aromatic heterocycles. The molecule has 4 heterocycles. The van der Waals surface area contributed by atoms with E-state index < -0.39 is 54.4 Å². The fourth-order valence-corrected chi connectivity index (χ4v) is 6.85. The Balaban J connectivity index is 1.17. The molecule has 1 saturated heterocycles. The van der Waals surface area contributed by atoms with Crippen molar-refractivity contribution in [3.63, 3.8) is 0 Å². The van der Waals surface area contributed by atoms with Crippen molar-refractivity contribution >= 4 is 35.3 Å². The number of rotatable bonds is 14. The lowest BCUT2D eigenvalue weighted by Gasteiger charge is -2.46. The zero-order valence-corrected chi connectivity index (χ0v) is 30.5. The maximum Gasteiger partial charge on any atom is 0.336 e. The number of ether oxygens (including phenoxy) is 5. The van der Waals surface area contributed by atoms with Crippen molar-refractivity contribution in [1.29, 1.82) is 5.41 Å². The molecule has 4 aliphatic rings. The molecule has 3 aromatic rings. The molecular formula is C40H40N4O13. The van der Waals surface area contributed by atoms with Crippen molar-refractivity contribution in [3.05, 3.63) is 89.0 Å². The monoisotopic (exact) mass is 784 g/mol. The Hall–Kier alpha value is -6.27. The molecule has 7 rings (SSSR count). The first kappa shape index (κ1) is 39.0. The van der Waals surface area contributed by atoms with Crippen LogP contribution in [0, 0.1) is 5.41 Å². The van der Waals surface area contributed by atoms with Gasteiger partial charge in [-0.1, -0.05) is 25.1 Å². The fraction of sp³-hybridized carbons (Fsp3) is 0.325. The van der Waals surface area contributed by atoms with Crippen molar-refractivity contribution in [1.82, 2.24) is 0 Å². The zero-order valence-electron chi connectivity index (χ0n) is 30.5. The smallest absolute Gasteiger partial charge is 0.336 e. The van der Waals surface area contributed by atoms with Gasteiger partial charge < -0.3 is 59.4 Å². The SMILES string of the molecule is CCc1cc(O)cc(COc2c(O[C@@H]3O[C@H](C(=O)O)[C@](O)(CC4=NC=NC4)[C@@H](O)[C@H]3O)cc3c(c2O)C(O)=CC(c2ccc(OCCC4=NC(=N)C=C4)cc2)O3)c1. The van der Waals surface area contributed by atoms with Gasteiger partial charge in [-0.05, 0) is 59.5 Å². The Kier molecular flexibility index (Phi) is 11.0. The van der Waals surface area contributed by atoms with Gasteiger partial charge in [0.2, 0.25) is 12.0 Å². The number of hydrogen-bond acceptors (Lipinski definition) is 15. The van der Waals surface area contributed by atoms with E-state index in [4.69, 9.17) is 29.1 Å². The van der Waals surface area contributed by atoms with Crippen LogP contribution >= 0.6 is 0 Å². The maximum atomic E-state index is 12.4. The minimum absolute atomic E-state index is 0.0210. The second-order valence-electron chi connectivity index (χ2n) is 13.8. The van der Waals surface area contributed by atoms with E-state index in [0.29, 0.717) is 36.3 Å². The molecule has 4 aliphatic heterocycles. The third-order valence-electron chi connectivity index (χ3n) is 9.75. The van der Waals surface area contributed by atoms with Crippen molar-refractivity contribution in [2.45, 2.75) is 69.1 Å². The number of benzene rings is 3. The Bertz CT molecular complexity index is 2220. The molecule has 3 aromatic carbocycles. The number of nitrogens with zero attached hydrogens (tertiary/aromatic N) is 3. The molecule has 0 amide bonds. The predicted octanol–water partition coefficient (Wildman–Crippen LogP) is 3.54. The van der Waals surface area contributed by atoms with E-state index in [-0.39, 0.29) is 59.0 Å². The molecule has 0 saturated carbocycles. The molecule has 57 heavy (non-hydrogen) atoms. The highest BCUT2D eigenvalue weighted by Crippen LogP contribution is 2.51. The highest BCUT2D eigenvalue weighted by Gasteiger charge is 2.59. The van der Waals surface area contributed by atoms with Crippen LogP contribution in [0.4, 0.5) is 0 Å². The number of aliphatic hydroxyl groups is 4. The summed E-state index contributed by atoms with van der Waals surface area (Å²) in [5.41, 5.74) is 0.175. The topological polar surface area (TPSA) is 266 Å². The predicted molar refractivity (Wildman–Crippen MR) is 204 cm³/mol. The second-order valence-corrected chi connectivity index (χ2v) is 13.8. The maximum absolute atomic E-state index is 12.4. The number of aliphatic hydroxyl groups excluding tert-OH is 3. The van der Waals surface area contributed by atoms with Gasteiger partial charge in [0.1, 0.15) is 71.3 Å². The molecule has 298 valence electrons. The van der Waals surface area contributed by atoms with Crippen LogP contribution in [0.1, 0.15) is 48.1 Å². The minimum atomic E-state index is -2.54. The molecule has 0 spiro atoms. The lowest BCUT2D eigenvalue weighted by atomic mass is 9.80. The number of hydrogen-bond donors (Lipinski definition) is 8. The van der Waals surface area contributed by atoms with Gasteiger partial charge in [-0.2, -0.15) is 0 Å². The highest BCUT2D eigenvalue weighted by molar-refractivity contribution is 6.14. The van der Waals surface area contributed by atoms with E-state index in [1.54, 1.807) is 48.6 Å². The van der Waals surface area contributed by atoms with E-state index in [1.165, 1.54) is 24.5 Å². The highest BCUT2D eigenvalue weighted by atomic mass is 16.7. The van der Waals surface area contributed by atoms with Gasteiger partial charge in [-0.15, -0.1) is 0 Å². The van der Waals surface area contributed by atoms with Crippen LogP contribution in [0.25, 0.3) is 5.76 Å². The Morgan fingerprint density at radius 3 is 2.49 bits per heavy atom. The summed E-state index contributed by atoms with van der Waals surface area (Å²) in [7, 11) is 0. The van der Waals surface area contributed by atoms with E-state index >= 15 is 0 Å². The van der Waals surface area contributed by atoms with Crippen LogP contribution in [-0.4, -0.2) is 109 Å². The fourth-order valence-electron chi connectivity index (χ4n) is 6.85. The first-order chi connectivity index (χ1) is 27.3. The molecule has 17 heteroatoms. The number of aliphatic imine (C=N–C) groups is 3. The van der Waals surface area contributed by atoms with E-state index in [1.807, 2.05) is 6.92 Å². The Morgan fingerprint density at radius 2 is 1.81 bits per heavy atom. The molecule has 8 N–H and O–H groups in total. The zero-order chi connectivity index (χ0) is 40.4. The molecule has 1 fully saturated rings. The number of aryl methyl sites for hydroxylation is 1. The first-order valence-corrected chi connectivity index (χ1v) is 18.0. The average molecular weight is 785 g/mol. The second kappa shape index (κ2) is 16.1. The van der Waals surface area contributed by atoms with Gasteiger partial charge in [0.05, 0.1) is 13.2 Å². The number of nitrogens with one attached hydrogen (secondary N) is 1. The van der Waals surface area contributed by atoms with E-state index in [0.717, 1.165) is 11.3 Å². The van der Waals surface area contributed by atoms with Crippen molar-refractivity contribution in [2.75, 3.05) is 13.2 Å². The summed E-state index contributed by atoms with van der Waals surface area (Å²) in [6, 6.07) is 12.9. The van der Waals surface area contributed by atoms with Crippen LogP contribution in [0.3, 0.4) is 0 Å². The summed E-state index contributed by atoms with van der Waals surface area (Å²) in [6.45, 7) is 2.04. The summed E-state index contributed by atoms with van der Waals surface area (Å²) in [5.74, 6) is -2.81. The van der Waals surface area contributed by atoms with Gasteiger partial charge in [-0.25, -0.2) is 14.8 Å². The molecular weight excluding hydrogens is 744 g/mol. The minimum Gasteiger partial charge on any atom is -0.508 e. The Morgan fingerprint density at radius 1 is 1.04 bits per heavy atom. The molecule has 6 atom stereocenters. The van der Waals surface area contributed by atoms with Gasteiger partial charge >= 0.3 is 5.97 Å². The number of amidine groups is 1. The van der Waals surface area contributed by atoms with Gasteiger partial charge in [-0.3, -0.25) is 10.4 Å². The third-order valence-corrected chi connectivity index (χ3v) is 9.75. The van der Waals surface area contributed by atoms with Crippen molar-refractivity contribution < 1.29 is 64.2 Å². The van der Waals surface area contributed by atoms with Crippen LogP contribution in [0.2, 0.25) is 0 Å². The van der Waals surface area contributed by atoms with Crippen molar-refractivity contribution in [2.24, 2.45) is 15.0 Å². The molecule has 0 bridgehead atoms. The normalized spacial score (nSPS) is 24.9. The van der Waals surface area contributed by atoms with Crippen LogP contribution in [0.15, 0.2) is 81.7 Å². The summed E-state index contributed by atoms with van der Waals surface area (Å²) >= 11 is 0. The number of carbonyl (C=O) groups is 1. The number of carboxylic acids is 1. The number of aliphatic carboxylic acids is 1. The summed E-state index contributed by atoms with van der Waals surface area (Å²) in [6.07, 6.45) is -2.55.